The highest BCUT2D eigenvalue weighted by molar-refractivity contribution is 7.98. The zero-order valence-electron chi connectivity index (χ0n) is 9.16. The lowest BCUT2D eigenvalue weighted by Crippen LogP contribution is -2.21. The topological polar surface area (TPSA) is 29.9 Å². The maximum atomic E-state index is 4.20. The average molecular weight is 213 g/mol. The molecule has 0 saturated heterocycles. The van der Waals surface area contributed by atoms with Crippen LogP contribution in [0.5, 0.6) is 0 Å². The summed E-state index contributed by atoms with van der Waals surface area (Å²) in [5, 5.41) is 7.68. The Balaban J connectivity index is 2.57. The first kappa shape index (κ1) is 11.6. The van der Waals surface area contributed by atoms with Crippen molar-refractivity contribution in [3.05, 3.63) is 18.0 Å². The van der Waals surface area contributed by atoms with Crippen molar-refractivity contribution < 1.29 is 0 Å². The summed E-state index contributed by atoms with van der Waals surface area (Å²) in [6.45, 7) is 3.15. The van der Waals surface area contributed by atoms with Crippen LogP contribution in [0.2, 0.25) is 0 Å². The monoisotopic (exact) mass is 213 g/mol. The van der Waals surface area contributed by atoms with E-state index in [-0.39, 0.29) is 0 Å². The first-order chi connectivity index (χ1) is 6.77. The molecule has 0 aliphatic rings. The highest BCUT2D eigenvalue weighted by Gasteiger charge is 2.10. The van der Waals surface area contributed by atoms with Gasteiger partial charge in [-0.05, 0) is 25.0 Å². The number of nitrogens with one attached hydrogen (secondary N) is 1. The Morgan fingerprint density at radius 1 is 1.64 bits per heavy atom. The van der Waals surface area contributed by atoms with Gasteiger partial charge in [-0.25, -0.2) is 0 Å². The van der Waals surface area contributed by atoms with E-state index in [0.717, 1.165) is 6.54 Å². The van der Waals surface area contributed by atoms with Crippen LogP contribution in [-0.4, -0.2) is 28.3 Å². The van der Waals surface area contributed by atoms with Crippen LogP contribution in [0, 0.1) is 0 Å². The highest BCUT2D eigenvalue weighted by atomic mass is 32.2. The minimum Gasteiger partial charge on any atom is -0.310 e. The zero-order chi connectivity index (χ0) is 10.4. The summed E-state index contributed by atoms with van der Waals surface area (Å²) >= 11 is 1.89. The van der Waals surface area contributed by atoms with E-state index in [9.17, 15) is 0 Å². The Hall–Kier alpha value is -0.480. The molecule has 0 amide bonds. The summed E-state index contributed by atoms with van der Waals surface area (Å²) in [5.74, 6) is 1.19. The minimum atomic E-state index is 0.459. The maximum Gasteiger partial charge on any atom is 0.0537 e. The van der Waals surface area contributed by atoms with Crippen molar-refractivity contribution in [2.45, 2.75) is 19.4 Å². The smallest absolute Gasteiger partial charge is 0.0537 e. The van der Waals surface area contributed by atoms with Crippen molar-refractivity contribution in [1.82, 2.24) is 15.1 Å². The second-order valence-electron chi connectivity index (χ2n) is 3.34. The Bertz CT molecular complexity index is 260. The van der Waals surface area contributed by atoms with Crippen LogP contribution in [-0.2, 0) is 7.05 Å². The number of nitrogens with zero attached hydrogens (tertiary/aromatic N) is 2. The van der Waals surface area contributed by atoms with Crippen LogP contribution in [0.4, 0.5) is 0 Å². The van der Waals surface area contributed by atoms with Gasteiger partial charge in [0.1, 0.15) is 0 Å². The van der Waals surface area contributed by atoms with E-state index in [1.54, 1.807) is 0 Å². The normalized spacial score (nSPS) is 13.1. The second-order valence-corrected chi connectivity index (χ2v) is 4.32. The molecule has 14 heavy (non-hydrogen) atoms. The van der Waals surface area contributed by atoms with Crippen molar-refractivity contribution in [3.63, 3.8) is 0 Å². The molecule has 0 spiro atoms. The van der Waals surface area contributed by atoms with Gasteiger partial charge in [-0.2, -0.15) is 16.9 Å². The van der Waals surface area contributed by atoms with Gasteiger partial charge in [0, 0.05) is 24.8 Å². The van der Waals surface area contributed by atoms with Crippen molar-refractivity contribution in [2.75, 3.05) is 18.6 Å². The fourth-order valence-corrected chi connectivity index (χ4v) is 1.96. The van der Waals surface area contributed by atoms with Gasteiger partial charge < -0.3 is 5.32 Å². The number of thioether (sulfide) groups is 1. The fourth-order valence-electron chi connectivity index (χ4n) is 1.49. The molecule has 1 N–H and O–H groups in total. The molecule has 0 bridgehead atoms. The van der Waals surface area contributed by atoms with Crippen LogP contribution in [0.25, 0.3) is 0 Å². The molecule has 0 saturated carbocycles. The number of aryl methyl sites for hydroxylation is 1. The molecule has 3 nitrogen and oxygen atoms in total. The molecule has 0 fully saturated rings. The molecule has 1 aromatic rings. The van der Waals surface area contributed by atoms with E-state index >= 15 is 0 Å². The molecular formula is C10H19N3S. The summed E-state index contributed by atoms with van der Waals surface area (Å²) in [6, 6.07) is 0.459. The molecule has 0 aliphatic carbocycles. The van der Waals surface area contributed by atoms with Gasteiger partial charge >= 0.3 is 0 Å². The summed E-state index contributed by atoms with van der Waals surface area (Å²) in [7, 11) is 1.96. The number of hydrogen-bond donors (Lipinski definition) is 1. The van der Waals surface area contributed by atoms with Gasteiger partial charge in [0.25, 0.3) is 0 Å². The van der Waals surface area contributed by atoms with E-state index in [4.69, 9.17) is 0 Å². The third kappa shape index (κ3) is 3.35. The van der Waals surface area contributed by atoms with Crippen LogP contribution >= 0.6 is 11.8 Å². The van der Waals surface area contributed by atoms with Gasteiger partial charge in [-0.3, -0.25) is 4.68 Å². The van der Waals surface area contributed by atoms with Crippen LogP contribution in [0.15, 0.2) is 12.4 Å². The van der Waals surface area contributed by atoms with Gasteiger partial charge in [0.05, 0.1) is 6.20 Å². The molecule has 1 unspecified atom stereocenters. The number of rotatable bonds is 6. The third-order valence-corrected chi connectivity index (χ3v) is 2.83. The van der Waals surface area contributed by atoms with Crippen molar-refractivity contribution in [3.8, 4) is 0 Å². The number of aromatic nitrogens is 2. The summed E-state index contributed by atoms with van der Waals surface area (Å²) in [4.78, 5) is 0. The van der Waals surface area contributed by atoms with Crippen LogP contribution in [0.3, 0.4) is 0 Å². The summed E-state index contributed by atoms with van der Waals surface area (Å²) in [6.07, 6.45) is 7.36. The number of hydrogen-bond acceptors (Lipinski definition) is 3. The molecule has 0 aliphatic heterocycles. The SMILES string of the molecule is CCNC(CCSC)c1cnn(C)c1. The predicted molar refractivity (Wildman–Crippen MR) is 62.6 cm³/mol. The Kier molecular flexibility index (Phi) is 5.04. The average Bonchev–Trinajstić information content (AvgIpc) is 2.59. The lowest BCUT2D eigenvalue weighted by Gasteiger charge is -2.15. The largest absolute Gasteiger partial charge is 0.310 e. The van der Waals surface area contributed by atoms with Crippen molar-refractivity contribution in [2.24, 2.45) is 7.05 Å². The van der Waals surface area contributed by atoms with E-state index in [2.05, 4.69) is 29.8 Å². The predicted octanol–water partition coefficient (Wildman–Crippen LogP) is 1.82. The quantitative estimate of drug-likeness (QED) is 0.782. The summed E-state index contributed by atoms with van der Waals surface area (Å²) < 4.78 is 1.86. The molecule has 1 rings (SSSR count). The zero-order valence-corrected chi connectivity index (χ0v) is 9.97. The summed E-state index contributed by atoms with van der Waals surface area (Å²) in [5.41, 5.74) is 1.29. The molecule has 0 radical (unpaired) electrons. The van der Waals surface area contributed by atoms with Crippen LogP contribution in [0.1, 0.15) is 24.9 Å². The Labute approximate surface area is 90.3 Å². The van der Waals surface area contributed by atoms with E-state index < -0.39 is 0 Å². The maximum absolute atomic E-state index is 4.20. The molecular weight excluding hydrogens is 194 g/mol. The fraction of sp³-hybridized carbons (Fsp3) is 0.700. The molecule has 4 heteroatoms. The Morgan fingerprint density at radius 3 is 2.93 bits per heavy atom. The van der Waals surface area contributed by atoms with Gasteiger partial charge in [0.15, 0.2) is 0 Å². The molecule has 1 aromatic heterocycles. The van der Waals surface area contributed by atoms with E-state index in [0.29, 0.717) is 6.04 Å². The second kappa shape index (κ2) is 6.09. The van der Waals surface area contributed by atoms with Gasteiger partial charge in [-0.15, -0.1) is 0 Å². The van der Waals surface area contributed by atoms with Gasteiger partial charge in [-0.1, -0.05) is 6.92 Å². The molecule has 0 aromatic carbocycles. The van der Waals surface area contributed by atoms with E-state index in [1.165, 1.54) is 17.7 Å². The molecule has 80 valence electrons. The Morgan fingerprint density at radius 2 is 2.43 bits per heavy atom. The minimum absolute atomic E-state index is 0.459. The first-order valence-electron chi connectivity index (χ1n) is 4.98. The lowest BCUT2D eigenvalue weighted by molar-refractivity contribution is 0.540. The standard InChI is InChI=1S/C10H19N3S/c1-4-11-10(5-6-14-3)9-7-12-13(2)8-9/h7-8,10-11H,4-6H2,1-3H3. The lowest BCUT2D eigenvalue weighted by atomic mass is 10.1. The molecule has 1 atom stereocenters. The first-order valence-corrected chi connectivity index (χ1v) is 6.38. The van der Waals surface area contributed by atoms with Gasteiger partial charge in [0.2, 0.25) is 0 Å². The molecule has 1 heterocycles. The highest BCUT2D eigenvalue weighted by Crippen LogP contribution is 2.17. The third-order valence-electron chi connectivity index (χ3n) is 2.19. The van der Waals surface area contributed by atoms with Crippen molar-refractivity contribution in [1.29, 1.82) is 0 Å². The van der Waals surface area contributed by atoms with Crippen molar-refractivity contribution >= 4 is 11.8 Å². The van der Waals surface area contributed by atoms with E-state index in [1.807, 2.05) is 29.7 Å². The van der Waals surface area contributed by atoms with Crippen LogP contribution < -0.4 is 5.32 Å².